The van der Waals surface area contributed by atoms with Gasteiger partial charge < -0.3 is 19.6 Å². The van der Waals surface area contributed by atoms with E-state index in [9.17, 15) is 4.79 Å². The van der Waals surface area contributed by atoms with Crippen LogP contribution in [0.4, 0.5) is 5.69 Å². The van der Waals surface area contributed by atoms with E-state index in [1.807, 2.05) is 0 Å². The number of benzene rings is 2. The Bertz CT molecular complexity index is 734. The van der Waals surface area contributed by atoms with Crippen LogP contribution >= 0.6 is 11.6 Å². The van der Waals surface area contributed by atoms with Crippen molar-refractivity contribution < 1.29 is 19.1 Å². The lowest BCUT2D eigenvalue weighted by Gasteiger charge is -2.09. The van der Waals surface area contributed by atoms with E-state index < -0.39 is 0 Å². The molecule has 0 atom stereocenters. The standard InChI is InChI=1S/C17H17ClN2O4/c1-22-15-8-3-5-12(17(15)23-2)10-19-24-11-16(21)20-14-7-4-6-13(18)9-14/h3-10H,11H2,1-2H3,(H,20,21)/b19-10-. The number of para-hydroxylation sites is 1. The van der Waals surface area contributed by atoms with Crippen molar-refractivity contribution in [2.24, 2.45) is 5.16 Å². The Morgan fingerprint density at radius 3 is 2.71 bits per heavy atom. The van der Waals surface area contributed by atoms with Gasteiger partial charge in [0, 0.05) is 16.3 Å². The van der Waals surface area contributed by atoms with Crippen LogP contribution in [-0.2, 0) is 9.63 Å². The molecule has 0 saturated heterocycles. The Balaban J connectivity index is 1.90. The first kappa shape index (κ1) is 17.6. The molecule has 0 fully saturated rings. The third kappa shape index (κ3) is 4.89. The summed E-state index contributed by atoms with van der Waals surface area (Å²) in [6.07, 6.45) is 1.45. The number of halogens is 1. The molecular formula is C17H17ClN2O4. The van der Waals surface area contributed by atoms with Gasteiger partial charge in [-0.3, -0.25) is 4.79 Å². The number of nitrogens with one attached hydrogen (secondary N) is 1. The molecule has 2 aromatic carbocycles. The minimum absolute atomic E-state index is 0.227. The number of hydrogen-bond donors (Lipinski definition) is 1. The van der Waals surface area contributed by atoms with Gasteiger partial charge >= 0.3 is 0 Å². The summed E-state index contributed by atoms with van der Waals surface area (Å²) in [7, 11) is 3.09. The normalized spacial score (nSPS) is 10.5. The summed E-state index contributed by atoms with van der Waals surface area (Å²) in [6.45, 7) is -0.227. The first-order valence-electron chi connectivity index (χ1n) is 7.05. The molecule has 24 heavy (non-hydrogen) atoms. The van der Waals surface area contributed by atoms with Crippen molar-refractivity contribution in [3.8, 4) is 11.5 Å². The number of rotatable bonds is 7. The monoisotopic (exact) mass is 348 g/mol. The summed E-state index contributed by atoms with van der Waals surface area (Å²) in [6, 6.07) is 12.2. The number of nitrogens with zero attached hydrogens (tertiary/aromatic N) is 1. The van der Waals surface area contributed by atoms with Crippen molar-refractivity contribution in [2.45, 2.75) is 0 Å². The highest BCUT2D eigenvalue weighted by molar-refractivity contribution is 6.30. The molecule has 0 spiro atoms. The van der Waals surface area contributed by atoms with E-state index in [2.05, 4.69) is 10.5 Å². The number of methoxy groups -OCH3 is 2. The van der Waals surface area contributed by atoms with Crippen LogP contribution in [0.2, 0.25) is 5.02 Å². The van der Waals surface area contributed by atoms with Crippen molar-refractivity contribution in [1.29, 1.82) is 0 Å². The van der Waals surface area contributed by atoms with E-state index in [1.165, 1.54) is 13.3 Å². The van der Waals surface area contributed by atoms with Gasteiger partial charge in [-0.15, -0.1) is 0 Å². The summed E-state index contributed by atoms with van der Waals surface area (Å²) >= 11 is 5.85. The van der Waals surface area contributed by atoms with Crippen molar-refractivity contribution >= 4 is 29.4 Å². The van der Waals surface area contributed by atoms with Crippen LogP contribution in [0, 0.1) is 0 Å². The maximum absolute atomic E-state index is 11.8. The van der Waals surface area contributed by atoms with Crippen molar-refractivity contribution in [2.75, 3.05) is 26.1 Å². The predicted octanol–water partition coefficient (Wildman–Crippen LogP) is 3.35. The Hall–Kier alpha value is -2.73. The molecule has 2 rings (SSSR count). The lowest BCUT2D eigenvalue weighted by Crippen LogP contribution is -2.16. The second-order valence-corrected chi connectivity index (χ2v) is 5.09. The number of oxime groups is 1. The molecule has 0 aliphatic carbocycles. The van der Waals surface area contributed by atoms with Crippen molar-refractivity contribution in [3.63, 3.8) is 0 Å². The smallest absolute Gasteiger partial charge is 0.265 e. The second-order valence-electron chi connectivity index (χ2n) is 4.65. The maximum atomic E-state index is 11.8. The molecule has 7 heteroatoms. The molecule has 0 heterocycles. The third-order valence-electron chi connectivity index (χ3n) is 3.00. The SMILES string of the molecule is COc1cccc(/C=N\OCC(=O)Nc2cccc(Cl)c2)c1OC. The van der Waals surface area contributed by atoms with E-state index in [4.69, 9.17) is 25.9 Å². The van der Waals surface area contributed by atoms with Crippen LogP contribution in [0.3, 0.4) is 0 Å². The molecule has 0 unspecified atom stereocenters. The van der Waals surface area contributed by atoms with E-state index in [0.29, 0.717) is 27.8 Å². The quantitative estimate of drug-likeness (QED) is 0.615. The highest BCUT2D eigenvalue weighted by atomic mass is 35.5. The van der Waals surface area contributed by atoms with E-state index in [-0.39, 0.29) is 12.5 Å². The average Bonchev–Trinajstić information content (AvgIpc) is 2.58. The van der Waals surface area contributed by atoms with Gasteiger partial charge in [-0.05, 0) is 30.3 Å². The van der Waals surface area contributed by atoms with Gasteiger partial charge in [0.2, 0.25) is 0 Å². The van der Waals surface area contributed by atoms with Gasteiger partial charge in [0.1, 0.15) is 0 Å². The molecule has 126 valence electrons. The lowest BCUT2D eigenvalue weighted by atomic mass is 10.2. The minimum atomic E-state index is -0.341. The van der Waals surface area contributed by atoms with E-state index in [0.717, 1.165) is 0 Å². The highest BCUT2D eigenvalue weighted by Gasteiger charge is 2.07. The molecule has 1 amide bonds. The topological polar surface area (TPSA) is 69.2 Å². The molecule has 2 aromatic rings. The Labute approximate surface area is 145 Å². The van der Waals surface area contributed by atoms with Crippen LogP contribution in [0.15, 0.2) is 47.6 Å². The number of ether oxygens (including phenoxy) is 2. The summed E-state index contributed by atoms with van der Waals surface area (Å²) < 4.78 is 10.5. The Kier molecular flexibility index (Phi) is 6.45. The zero-order chi connectivity index (χ0) is 17.4. The molecule has 0 saturated carbocycles. The first-order valence-corrected chi connectivity index (χ1v) is 7.43. The first-order chi connectivity index (χ1) is 11.6. The van der Waals surface area contributed by atoms with Gasteiger partial charge in [-0.2, -0.15) is 0 Å². The fraction of sp³-hybridized carbons (Fsp3) is 0.176. The number of carbonyl (C=O) groups excluding carboxylic acids is 1. The molecular weight excluding hydrogens is 332 g/mol. The fourth-order valence-electron chi connectivity index (χ4n) is 1.97. The van der Waals surface area contributed by atoms with Gasteiger partial charge in [-0.1, -0.05) is 28.9 Å². The summed E-state index contributed by atoms with van der Waals surface area (Å²) in [5.74, 6) is 0.780. The summed E-state index contributed by atoms with van der Waals surface area (Å²) in [5.41, 5.74) is 1.27. The average molecular weight is 349 g/mol. The number of anilines is 1. The van der Waals surface area contributed by atoms with Crippen LogP contribution in [0.25, 0.3) is 0 Å². The van der Waals surface area contributed by atoms with Crippen LogP contribution in [0.1, 0.15) is 5.56 Å². The van der Waals surface area contributed by atoms with Crippen LogP contribution in [0.5, 0.6) is 11.5 Å². The van der Waals surface area contributed by atoms with Gasteiger partial charge in [0.05, 0.1) is 20.4 Å². The highest BCUT2D eigenvalue weighted by Crippen LogP contribution is 2.29. The number of hydrogen-bond acceptors (Lipinski definition) is 5. The van der Waals surface area contributed by atoms with Crippen LogP contribution in [-0.4, -0.2) is 32.9 Å². The van der Waals surface area contributed by atoms with Crippen molar-refractivity contribution in [3.05, 3.63) is 53.1 Å². The largest absolute Gasteiger partial charge is 0.493 e. The van der Waals surface area contributed by atoms with Gasteiger partial charge in [0.25, 0.3) is 5.91 Å². The maximum Gasteiger partial charge on any atom is 0.265 e. The lowest BCUT2D eigenvalue weighted by molar-refractivity contribution is -0.120. The molecule has 6 nitrogen and oxygen atoms in total. The summed E-state index contributed by atoms with van der Waals surface area (Å²) in [5, 5.41) is 6.97. The van der Waals surface area contributed by atoms with Gasteiger partial charge in [-0.25, -0.2) is 0 Å². The van der Waals surface area contributed by atoms with Crippen molar-refractivity contribution in [1.82, 2.24) is 0 Å². The minimum Gasteiger partial charge on any atom is -0.493 e. The number of carbonyl (C=O) groups is 1. The molecule has 0 aliphatic heterocycles. The van der Waals surface area contributed by atoms with Gasteiger partial charge in [0.15, 0.2) is 18.1 Å². The molecule has 0 radical (unpaired) electrons. The number of amides is 1. The molecule has 0 aliphatic rings. The fourth-order valence-corrected chi connectivity index (χ4v) is 2.16. The second kappa shape index (κ2) is 8.79. The zero-order valence-corrected chi connectivity index (χ0v) is 14.0. The molecule has 0 bridgehead atoms. The summed E-state index contributed by atoms with van der Waals surface area (Å²) in [4.78, 5) is 16.8. The zero-order valence-electron chi connectivity index (χ0n) is 13.3. The predicted molar refractivity (Wildman–Crippen MR) is 93.2 cm³/mol. The third-order valence-corrected chi connectivity index (χ3v) is 3.24. The Morgan fingerprint density at radius 2 is 2.00 bits per heavy atom. The Morgan fingerprint density at radius 1 is 1.21 bits per heavy atom. The van der Waals surface area contributed by atoms with Crippen LogP contribution < -0.4 is 14.8 Å². The molecule has 1 N–H and O–H groups in total. The van der Waals surface area contributed by atoms with E-state index >= 15 is 0 Å². The van der Waals surface area contributed by atoms with E-state index in [1.54, 1.807) is 49.6 Å². The molecule has 0 aromatic heterocycles.